The molecular weight excluding hydrogens is 308 g/mol. The zero-order valence-electron chi connectivity index (χ0n) is 15.0. The lowest BCUT2D eigenvalue weighted by Crippen LogP contribution is -2.47. The van der Waals surface area contributed by atoms with Crippen molar-refractivity contribution >= 4 is 16.7 Å². The first-order valence-corrected chi connectivity index (χ1v) is 9.80. The van der Waals surface area contributed by atoms with Crippen LogP contribution >= 0.6 is 0 Å². The summed E-state index contributed by atoms with van der Waals surface area (Å²) in [5.74, 6) is 0.394. The van der Waals surface area contributed by atoms with Crippen molar-refractivity contribution in [3.8, 4) is 0 Å². The Kier molecular flexibility index (Phi) is 5.02. The molecule has 4 rings (SSSR count). The first-order valence-electron chi connectivity index (χ1n) is 9.80. The van der Waals surface area contributed by atoms with E-state index < -0.39 is 0 Å². The molecule has 0 spiro atoms. The molecule has 2 aromatic rings. The summed E-state index contributed by atoms with van der Waals surface area (Å²) >= 11 is 0. The number of hydrogen-bond donors (Lipinski definition) is 0. The fraction of sp³-hybridized carbons (Fsp3) is 0.500. The van der Waals surface area contributed by atoms with Gasteiger partial charge in [0.15, 0.2) is 0 Å². The Labute approximate surface area is 150 Å². The highest BCUT2D eigenvalue weighted by Crippen LogP contribution is 2.24. The number of carbonyl (C=O) groups is 1. The Balaban J connectivity index is 1.39. The number of amides is 1. The third-order valence-electron chi connectivity index (χ3n) is 5.88. The number of nitrogens with zero attached hydrogens (tertiary/aromatic N) is 2. The average Bonchev–Trinajstić information content (AvgIpc) is 2.87. The summed E-state index contributed by atoms with van der Waals surface area (Å²) in [5.41, 5.74) is 1.42. The first kappa shape index (κ1) is 16.6. The predicted molar refractivity (Wildman–Crippen MR) is 102 cm³/mol. The molecule has 0 aromatic heterocycles. The molecule has 0 radical (unpaired) electrons. The summed E-state index contributed by atoms with van der Waals surface area (Å²) in [7, 11) is 0. The van der Waals surface area contributed by atoms with Gasteiger partial charge in [0.1, 0.15) is 0 Å². The first-order chi connectivity index (χ1) is 12.3. The molecule has 0 aliphatic carbocycles. The van der Waals surface area contributed by atoms with Gasteiger partial charge in [-0.05, 0) is 42.0 Å². The van der Waals surface area contributed by atoms with E-state index in [1.165, 1.54) is 29.2 Å². The second-order valence-corrected chi connectivity index (χ2v) is 7.54. The van der Waals surface area contributed by atoms with Crippen molar-refractivity contribution in [3.05, 3.63) is 48.0 Å². The lowest BCUT2D eigenvalue weighted by molar-refractivity contribution is -0.133. The Bertz CT molecular complexity index is 728. The number of hydrogen-bond acceptors (Lipinski definition) is 2. The average molecular weight is 336 g/mol. The third-order valence-corrected chi connectivity index (χ3v) is 5.88. The van der Waals surface area contributed by atoms with E-state index in [1.807, 2.05) is 0 Å². The van der Waals surface area contributed by atoms with E-state index in [9.17, 15) is 4.79 Å². The van der Waals surface area contributed by atoms with Crippen molar-refractivity contribution in [2.45, 2.75) is 51.1 Å². The van der Waals surface area contributed by atoms with Crippen LogP contribution in [0.25, 0.3) is 10.8 Å². The predicted octanol–water partition coefficient (Wildman–Crippen LogP) is 4.21. The monoisotopic (exact) mass is 336 g/mol. The molecule has 2 heterocycles. The molecule has 3 nitrogen and oxygen atoms in total. The van der Waals surface area contributed by atoms with Gasteiger partial charge in [-0.3, -0.25) is 9.69 Å². The van der Waals surface area contributed by atoms with Gasteiger partial charge in [0.25, 0.3) is 0 Å². The molecule has 132 valence electrons. The number of likely N-dealkylation sites (tertiary alicyclic amines) is 2. The van der Waals surface area contributed by atoms with Gasteiger partial charge in [0.05, 0.1) is 0 Å². The minimum atomic E-state index is 0.394. The van der Waals surface area contributed by atoms with E-state index >= 15 is 0 Å². The molecule has 2 aliphatic heterocycles. The largest absolute Gasteiger partial charge is 0.340 e. The summed E-state index contributed by atoms with van der Waals surface area (Å²) in [6, 6.07) is 15.7. The number of fused-ring (bicyclic) bond motifs is 1. The number of benzene rings is 2. The van der Waals surface area contributed by atoms with Crippen molar-refractivity contribution in [3.63, 3.8) is 0 Å². The van der Waals surface area contributed by atoms with E-state index in [1.54, 1.807) is 0 Å². The molecule has 2 saturated heterocycles. The van der Waals surface area contributed by atoms with Crippen LogP contribution in [-0.4, -0.2) is 41.4 Å². The molecule has 0 unspecified atom stereocenters. The summed E-state index contributed by atoms with van der Waals surface area (Å²) in [4.78, 5) is 17.1. The molecule has 2 fully saturated rings. The van der Waals surface area contributed by atoms with Gasteiger partial charge < -0.3 is 4.90 Å². The van der Waals surface area contributed by atoms with E-state index in [-0.39, 0.29) is 0 Å². The second-order valence-electron chi connectivity index (χ2n) is 7.54. The van der Waals surface area contributed by atoms with Crippen LogP contribution in [-0.2, 0) is 11.3 Å². The highest BCUT2D eigenvalue weighted by molar-refractivity contribution is 5.85. The molecular formula is C22H28N2O. The Morgan fingerprint density at radius 2 is 1.68 bits per heavy atom. The standard InChI is InChI=1S/C22H28N2O/c25-22-11-2-1-5-14-24(22)20-12-15-23(16-13-20)17-19-9-6-8-18-7-3-4-10-21(18)19/h3-4,6-10,20H,1-2,5,11-17H2. The highest BCUT2D eigenvalue weighted by Gasteiger charge is 2.28. The van der Waals surface area contributed by atoms with E-state index in [0.717, 1.165) is 51.9 Å². The highest BCUT2D eigenvalue weighted by atomic mass is 16.2. The van der Waals surface area contributed by atoms with Crippen molar-refractivity contribution in [2.24, 2.45) is 0 Å². The normalized spacial score (nSPS) is 20.8. The fourth-order valence-corrected chi connectivity index (χ4v) is 4.45. The van der Waals surface area contributed by atoms with Crippen LogP contribution in [0.5, 0.6) is 0 Å². The minimum absolute atomic E-state index is 0.394. The smallest absolute Gasteiger partial charge is 0.222 e. The molecule has 3 heteroatoms. The van der Waals surface area contributed by atoms with Gasteiger partial charge in [0.2, 0.25) is 5.91 Å². The molecule has 0 N–H and O–H groups in total. The summed E-state index contributed by atoms with van der Waals surface area (Å²) in [6.45, 7) is 4.18. The zero-order valence-corrected chi connectivity index (χ0v) is 15.0. The van der Waals surface area contributed by atoms with Gasteiger partial charge in [-0.25, -0.2) is 0 Å². The number of piperidine rings is 1. The molecule has 2 aromatic carbocycles. The maximum atomic E-state index is 12.3. The van der Waals surface area contributed by atoms with Crippen LogP contribution in [0, 0.1) is 0 Å². The van der Waals surface area contributed by atoms with Crippen LogP contribution in [0.1, 0.15) is 44.1 Å². The Morgan fingerprint density at radius 1 is 0.880 bits per heavy atom. The third kappa shape index (κ3) is 3.72. The molecule has 0 saturated carbocycles. The van der Waals surface area contributed by atoms with E-state index in [4.69, 9.17) is 0 Å². The van der Waals surface area contributed by atoms with Gasteiger partial charge in [-0.2, -0.15) is 0 Å². The Hall–Kier alpha value is -1.87. The van der Waals surface area contributed by atoms with Crippen molar-refractivity contribution in [2.75, 3.05) is 19.6 Å². The van der Waals surface area contributed by atoms with Crippen LogP contribution in [0.2, 0.25) is 0 Å². The van der Waals surface area contributed by atoms with Gasteiger partial charge in [-0.1, -0.05) is 48.9 Å². The van der Waals surface area contributed by atoms with E-state index in [0.29, 0.717) is 11.9 Å². The summed E-state index contributed by atoms with van der Waals surface area (Å²) in [5, 5.41) is 2.69. The second kappa shape index (κ2) is 7.57. The topological polar surface area (TPSA) is 23.6 Å². The van der Waals surface area contributed by atoms with Crippen LogP contribution in [0.3, 0.4) is 0 Å². The van der Waals surface area contributed by atoms with E-state index in [2.05, 4.69) is 52.3 Å². The van der Waals surface area contributed by atoms with Crippen LogP contribution < -0.4 is 0 Å². The minimum Gasteiger partial charge on any atom is -0.340 e. The molecule has 25 heavy (non-hydrogen) atoms. The van der Waals surface area contributed by atoms with Gasteiger partial charge >= 0.3 is 0 Å². The number of rotatable bonds is 3. The summed E-state index contributed by atoms with van der Waals surface area (Å²) in [6.07, 6.45) is 6.47. The van der Waals surface area contributed by atoms with Crippen molar-refractivity contribution in [1.82, 2.24) is 9.80 Å². The number of carbonyl (C=O) groups excluding carboxylic acids is 1. The van der Waals surface area contributed by atoms with Crippen LogP contribution in [0.15, 0.2) is 42.5 Å². The van der Waals surface area contributed by atoms with Crippen LogP contribution in [0.4, 0.5) is 0 Å². The quantitative estimate of drug-likeness (QED) is 0.838. The molecule has 0 atom stereocenters. The molecule has 2 aliphatic rings. The lowest BCUT2D eigenvalue weighted by Gasteiger charge is -2.38. The zero-order chi connectivity index (χ0) is 17.1. The fourth-order valence-electron chi connectivity index (χ4n) is 4.45. The van der Waals surface area contributed by atoms with Gasteiger partial charge in [0, 0.05) is 38.6 Å². The molecule has 0 bridgehead atoms. The molecule has 1 amide bonds. The maximum absolute atomic E-state index is 12.3. The maximum Gasteiger partial charge on any atom is 0.222 e. The van der Waals surface area contributed by atoms with Crippen molar-refractivity contribution in [1.29, 1.82) is 0 Å². The van der Waals surface area contributed by atoms with Crippen molar-refractivity contribution < 1.29 is 4.79 Å². The lowest BCUT2D eigenvalue weighted by atomic mass is 10.00. The van der Waals surface area contributed by atoms with Gasteiger partial charge in [-0.15, -0.1) is 0 Å². The SMILES string of the molecule is O=C1CCCCCN1C1CCN(Cc2cccc3ccccc23)CC1. The summed E-state index contributed by atoms with van der Waals surface area (Å²) < 4.78 is 0. The Morgan fingerprint density at radius 3 is 2.56 bits per heavy atom.